The third-order valence-electron chi connectivity index (χ3n) is 7.05. The van der Waals surface area contributed by atoms with Crippen molar-refractivity contribution in [1.29, 1.82) is 0 Å². The lowest BCUT2D eigenvalue weighted by Crippen LogP contribution is -2.10. The van der Waals surface area contributed by atoms with Gasteiger partial charge in [0.2, 0.25) is 0 Å². The Kier molecular flexibility index (Phi) is 5.36. The molecule has 0 unspecified atom stereocenters. The van der Waals surface area contributed by atoms with Gasteiger partial charge in [-0.15, -0.1) is 0 Å². The van der Waals surface area contributed by atoms with Gasteiger partial charge in [0.05, 0.1) is 0 Å². The zero-order valence-electron chi connectivity index (χ0n) is 21.0. The first-order valence-corrected chi connectivity index (χ1v) is 12.5. The Balaban J connectivity index is 1.58. The molecule has 0 spiro atoms. The maximum Gasteiger partial charge on any atom is 0.0406 e. The molecule has 0 nitrogen and oxygen atoms in total. The van der Waals surface area contributed by atoms with E-state index in [2.05, 4.69) is 148 Å². The molecule has 0 heterocycles. The fourth-order valence-corrected chi connectivity index (χ4v) is 5.11. The fraction of sp³-hybridized carbons (Fsp3) is 0.111. The lowest BCUT2D eigenvalue weighted by atomic mass is 9.86. The van der Waals surface area contributed by atoms with Gasteiger partial charge in [0, 0.05) is 11.1 Å². The molecule has 36 heavy (non-hydrogen) atoms. The molecule has 0 aliphatic rings. The molecule has 0 N–H and O–H groups in total. The first-order chi connectivity index (χ1) is 17.5. The Morgan fingerprint density at radius 3 is 1.67 bits per heavy atom. The van der Waals surface area contributed by atoms with E-state index in [0.717, 1.165) is 11.1 Å². The van der Waals surface area contributed by atoms with E-state index >= 15 is 0 Å². The second-order valence-corrected chi connectivity index (χ2v) is 10.5. The number of rotatable bonds is 1. The molecule has 0 atom stereocenters. The van der Waals surface area contributed by atoms with Gasteiger partial charge in [-0.2, -0.15) is 0 Å². The Bertz CT molecular complexity index is 1740. The molecule has 0 heteroatoms. The first kappa shape index (κ1) is 22.1. The predicted molar refractivity (Wildman–Crippen MR) is 156 cm³/mol. The third-order valence-corrected chi connectivity index (χ3v) is 7.05. The topological polar surface area (TPSA) is 0 Å². The van der Waals surface area contributed by atoms with Gasteiger partial charge in [0.1, 0.15) is 0 Å². The zero-order chi connectivity index (χ0) is 24.7. The van der Waals surface area contributed by atoms with Crippen LogP contribution in [-0.4, -0.2) is 0 Å². The van der Waals surface area contributed by atoms with Crippen molar-refractivity contribution in [3.05, 3.63) is 132 Å². The molecule has 0 bridgehead atoms. The van der Waals surface area contributed by atoms with E-state index in [0.29, 0.717) is 0 Å². The Morgan fingerprint density at radius 1 is 0.500 bits per heavy atom. The van der Waals surface area contributed by atoms with Crippen LogP contribution in [0.15, 0.2) is 115 Å². The average molecular weight is 461 g/mol. The summed E-state index contributed by atoms with van der Waals surface area (Å²) in [5.41, 5.74) is 6.09. The van der Waals surface area contributed by atoms with Crippen LogP contribution in [0.3, 0.4) is 0 Å². The normalized spacial score (nSPS) is 11.5. The van der Waals surface area contributed by atoms with Crippen LogP contribution in [0.1, 0.15) is 37.5 Å². The minimum absolute atomic E-state index is 0.136. The van der Waals surface area contributed by atoms with E-state index in [4.69, 9.17) is 0 Å². The van der Waals surface area contributed by atoms with Crippen LogP contribution in [-0.2, 0) is 5.41 Å². The van der Waals surface area contributed by atoms with Crippen LogP contribution < -0.4 is 0 Å². The van der Waals surface area contributed by atoms with Gasteiger partial charge < -0.3 is 0 Å². The minimum Gasteiger partial charge on any atom is -0.0616 e. The van der Waals surface area contributed by atoms with Gasteiger partial charge in [0.25, 0.3) is 0 Å². The van der Waals surface area contributed by atoms with E-state index in [1.807, 2.05) is 0 Å². The number of benzene rings is 6. The Hall–Kier alpha value is -4.34. The lowest BCUT2D eigenvalue weighted by molar-refractivity contribution is 0.590. The van der Waals surface area contributed by atoms with E-state index in [9.17, 15) is 0 Å². The Morgan fingerprint density at radius 2 is 1.06 bits per heavy atom. The van der Waals surface area contributed by atoms with E-state index < -0.39 is 0 Å². The van der Waals surface area contributed by atoms with Crippen molar-refractivity contribution in [2.24, 2.45) is 0 Å². The number of hydrogen-bond donors (Lipinski definition) is 0. The minimum atomic E-state index is 0.136. The summed E-state index contributed by atoms with van der Waals surface area (Å²) in [4.78, 5) is 0. The standard InChI is InChI=1S/C36H28/c1-36(2,3)29-21-16-25(17-22-29)18-23-32-30-12-6-8-14-33(30)35(34-15-9-7-13-31(32)34)28-20-19-26-10-4-5-11-27(26)24-28/h4-17,19-22,24H,1-3H3. The summed E-state index contributed by atoms with van der Waals surface area (Å²) in [6.07, 6.45) is 0. The highest BCUT2D eigenvalue weighted by Gasteiger charge is 2.15. The van der Waals surface area contributed by atoms with Gasteiger partial charge in [-0.1, -0.05) is 130 Å². The summed E-state index contributed by atoms with van der Waals surface area (Å²) < 4.78 is 0. The van der Waals surface area contributed by atoms with Crippen LogP contribution in [0.5, 0.6) is 0 Å². The molecule has 6 aromatic carbocycles. The van der Waals surface area contributed by atoms with Crippen LogP contribution in [0.2, 0.25) is 0 Å². The van der Waals surface area contributed by atoms with Crippen molar-refractivity contribution in [1.82, 2.24) is 0 Å². The van der Waals surface area contributed by atoms with Gasteiger partial charge in [0.15, 0.2) is 0 Å². The maximum absolute atomic E-state index is 3.56. The molecule has 6 rings (SSSR count). The van der Waals surface area contributed by atoms with Crippen molar-refractivity contribution in [3.8, 4) is 23.0 Å². The number of hydrogen-bond acceptors (Lipinski definition) is 0. The van der Waals surface area contributed by atoms with Crippen LogP contribution in [0.25, 0.3) is 43.4 Å². The smallest absolute Gasteiger partial charge is 0.0406 e. The highest BCUT2D eigenvalue weighted by molar-refractivity contribution is 6.16. The molecule has 0 saturated heterocycles. The van der Waals surface area contributed by atoms with Crippen molar-refractivity contribution in [2.45, 2.75) is 26.2 Å². The summed E-state index contributed by atoms with van der Waals surface area (Å²) in [6, 6.07) is 41.4. The monoisotopic (exact) mass is 460 g/mol. The van der Waals surface area contributed by atoms with Crippen molar-refractivity contribution in [2.75, 3.05) is 0 Å². The average Bonchev–Trinajstić information content (AvgIpc) is 2.90. The molecular weight excluding hydrogens is 432 g/mol. The summed E-state index contributed by atoms with van der Waals surface area (Å²) in [5.74, 6) is 7.02. The molecule has 0 aliphatic heterocycles. The highest BCUT2D eigenvalue weighted by Crippen LogP contribution is 2.39. The molecule has 0 amide bonds. The maximum atomic E-state index is 3.56. The van der Waals surface area contributed by atoms with Crippen LogP contribution >= 0.6 is 0 Å². The van der Waals surface area contributed by atoms with Gasteiger partial charge >= 0.3 is 0 Å². The van der Waals surface area contributed by atoms with E-state index in [1.165, 1.54) is 49.0 Å². The predicted octanol–water partition coefficient (Wildman–Crippen LogP) is 9.51. The molecule has 0 aliphatic carbocycles. The third kappa shape index (κ3) is 3.94. The van der Waals surface area contributed by atoms with Crippen molar-refractivity contribution < 1.29 is 0 Å². The van der Waals surface area contributed by atoms with Crippen LogP contribution in [0, 0.1) is 11.8 Å². The molecule has 0 saturated carbocycles. The molecule has 6 aromatic rings. The fourth-order valence-electron chi connectivity index (χ4n) is 5.11. The molecular formula is C36H28. The zero-order valence-corrected chi connectivity index (χ0v) is 21.0. The Labute approximate surface area is 213 Å². The van der Waals surface area contributed by atoms with Crippen LogP contribution in [0.4, 0.5) is 0 Å². The molecule has 0 aromatic heterocycles. The highest BCUT2D eigenvalue weighted by atomic mass is 14.2. The summed E-state index contributed by atoms with van der Waals surface area (Å²) >= 11 is 0. The van der Waals surface area contributed by atoms with E-state index in [-0.39, 0.29) is 5.41 Å². The van der Waals surface area contributed by atoms with Crippen molar-refractivity contribution in [3.63, 3.8) is 0 Å². The summed E-state index contributed by atoms with van der Waals surface area (Å²) in [7, 11) is 0. The SMILES string of the molecule is CC(C)(C)c1ccc(C#Cc2c3ccccc3c(-c3ccc4ccccc4c3)c3ccccc23)cc1. The molecule has 0 radical (unpaired) electrons. The van der Waals surface area contributed by atoms with Gasteiger partial charge in [-0.05, 0) is 72.6 Å². The van der Waals surface area contributed by atoms with Crippen molar-refractivity contribution >= 4 is 32.3 Å². The second-order valence-electron chi connectivity index (χ2n) is 10.5. The first-order valence-electron chi connectivity index (χ1n) is 12.5. The van der Waals surface area contributed by atoms with Gasteiger partial charge in [-0.25, -0.2) is 0 Å². The quantitative estimate of drug-likeness (QED) is 0.169. The van der Waals surface area contributed by atoms with E-state index in [1.54, 1.807) is 0 Å². The lowest BCUT2D eigenvalue weighted by Gasteiger charge is -2.18. The second kappa shape index (κ2) is 8.71. The summed E-state index contributed by atoms with van der Waals surface area (Å²) in [6.45, 7) is 6.72. The molecule has 172 valence electrons. The molecule has 0 fully saturated rings. The summed E-state index contributed by atoms with van der Waals surface area (Å²) in [5, 5.41) is 7.37. The van der Waals surface area contributed by atoms with Gasteiger partial charge in [-0.3, -0.25) is 0 Å². The number of fused-ring (bicyclic) bond motifs is 3. The largest absolute Gasteiger partial charge is 0.0616 e.